The van der Waals surface area contributed by atoms with E-state index >= 15 is 0 Å². The summed E-state index contributed by atoms with van der Waals surface area (Å²) in [6.45, 7) is 6.73. The fourth-order valence-corrected chi connectivity index (χ4v) is 3.86. The average Bonchev–Trinajstić information content (AvgIpc) is 2.91. The third kappa shape index (κ3) is 2.40. The van der Waals surface area contributed by atoms with Crippen molar-refractivity contribution in [2.45, 2.75) is 20.3 Å². The molecule has 1 N–H and O–H groups in total. The number of piperidine rings is 1. The number of hydrogen-bond acceptors (Lipinski definition) is 4. The van der Waals surface area contributed by atoms with Gasteiger partial charge in [-0.25, -0.2) is 9.97 Å². The third-order valence-corrected chi connectivity index (χ3v) is 4.74. The van der Waals surface area contributed by atoms with Crippen molar-refractivity contribution in [3.05, 3.63) is 24.5 Å². The molecule has 1 aromatic carbocycles. The summed E-state index contributed by atoms with van der Waals surface area (Å²) in [5, 5.41) is 1.08. The van der Waals surface area contributed by atoms with E-state index in [0.29, 0.717) is 11.8 Å². The van der Waals surface area contributed by atoms with E-state index < -0.39 is 0 Å². The van der Waals surface area contributed by atoms with Crippen LogP contribution in [0.5, 0.6) is 5.75 Å². The third-order valence-electron chi connectivity index (χ3n) is 4.74. The SMILES string of the molecule is COc1ccc2[nH]c3c(N4C[C@H](C)C[C@@H](C)C4)ncnc3c2c1. The molecular weight excluding hydrogens is 288 g/mol. The first-order valence-corrected chi connectivity index (χ1v) is 8.21. The van der Waals surface area contributed by atoms with Crippen molar-refractivity contribution in [1.29, 1.82) is 0 Å². The number of anilines is 1. The van der Waals surface area contributed by atoms with E-state index in [0.717, 1.165) is 46.6 Å². The number of nitrogens with zero attached hydrogens (tertiary/aromatic N) is 3. The molecule has 120 valence electrons. The second kappa shape index (κ2) is 5.41. The number of aromatic nitrogens is 3. The lowest BCUT2D eigenvalue weighted by molar-refractivity contribution is 0.356. The molecule has 4 rings (SSSR count). The number of rotatable bonds is 2. The number of H-pyrrole nitrogens is 1. The van der Waals surface area contributed by atoms with E-state index in [1.165, 1.54) is 6.42 Å². The van der Waals surface area contributed by atoms with E-state index in [-0.39, 0.29) is 0 Å². The minimum absolute atomic E-state index is 0.688. The van der Waals surface area contributed by atoms with Crippen LogP contribution in [0.2, 0.25) is 0 Å². The van der Waals surface area contributed by atoms with Crippen LogP contribution in [0, 0.1) is 11.8 Å². The molecular formula is C18H22N4O. The van der Waals surface area contributed by atoms with E-state index in [1.807, 2.05) is 18.2 Å². The molecule has 0 amide bonds. The Morgan fingerprint density at radius 3 is 2.70 bits per heavy atom. The topological polar surface area (TPSA) is 54.0 Å². The van der Waals surface area contributed by atoms with Gasteiger partial charge < -0.3 is 14.6 Å². The maximum absolute atomic E-state index is 5.35. The normalized spacial score (nSPS) is 22.0. The Kier molecular flexibility index (Phi) is 3.36. The lowest BCUT2D eigenvalue weighted by Crippen LogP contribution is -2.39. The standard InChI is InChI=1S/C18H22N4O/c1-11-6-12(2)9-22(8-11)18-17-16(19-10-20-18)14-7-13(23-3)4-5-15(14)21-17/h4-5,7,10-12,21H,6,8-9H2,1-3H3/t11-,12-/m1/s1. The second-order valence-corrected chi connectivity index (χ2v) is 6.81. The van der Waals surface area contributed by atoms with E-state index in [1.54, 1.807) is 13.4 Å². The number of hydrogen-bond donors (Lipinski definition) is 1. The Hall–Kier alpha value is -2.30. The molecule has 1 aliphatic heterocycles. The molecule has 1 aliphatic rings. The van der Waals surface area contributed by atoms with Gasteiger partial charge in [-0.3, -0.25) is 0 Å². The molecule has 1 saturated heterocycles. The van der Waals surface area contributed by atoms with Crippen molar-refractivity contribution >= 4 is 27.8 Å². The summed E-state index contributed by atoms with van der Waals surface area (Å²) in [6, 6.07) is 6.04. The first kappa shape index (κ1) is 14.3. The van der Waals surface area contributed by atoms with Crippen molar-refractivity contribution in [1.82, 2.24) is 15.0 Å². The fourth-order valence-electron chi connectivity index (χ4n) is 3.86. The highest BCUT2D eigenvalue weighted by atomic mass is 16.5. The van der Waals surface area contributed by atoms with Gasteiger partial charge in [0.25, 0.3) is 0 Å². The predicted octanol–water partition coefficient (Wildman–Crippen LogP) is 3.60. The second-order valence-electron chi connectivity index (χ2n) is 6.81. The zero-order chi connectivity index (χ0) is 16.0. The largest absolute Gasteiger partial charge is 0.497 e. The van der Waals surface area contributed by atoms with Crippen molar-refractivity contribution in [2.24, 2.45) is 11.8 Å². The number of ether oxygens (including phenoxy) is 1. The summed E-state index contributed by atoms with van der Waals surface area (Å²) in [6.07, 6.45) is 2.96. The summed E-state index contributed by atoms with van der Waals surface area (Å²) >= 11 is 0. The Labute approximate surface area is 135 Å². The molecule has 1 fully saturated rings. The summed E-state index contributed by atoms with van der Waals surface area (Å²) in [4.78, 5) is 15.0. The van der Waals surface area contributed by atoms with Gasteiger partial charge in [0.2, 0.25) is 0 Å². The lowest BCUT2D eigenvalue weighted by atomic mass is 9.92. The van der Waals surface area contributed by atoms with Crippen LogP contribution in [0.25, 0.3) is 21.9 Å². The molecule has 3 aromatic rings. The van der Waals surface area contributed by atoms with Gasteiger partial charge in [0.05, 0.1) is 7.11 Å². The van der Waals surface area contributed by atoms with Crippen molar-refractivity contribution < 1.29 is 4.74 Å². The van der Waals surface area contributed by atoms with Gasteiger partial charge >= 0.3 is 0 Å². The maximum Gasteiger partial charge on any atom is 0.156 e. The van der Waals surface area contributed by atoms with E-state index in [9.17, 15) is 0 Å². The smallest absolute Gasteiger partial charge is 0.156 e. The van der Waals surface area contributed by atoms with Crippen molar-refractivity contribution in [3.8, 4) is 5.75 Å². The molecule has 2 atom stereocenters. The number of nitrogens with one attached hydrogen (secondary N) is 1. The zero-order valence-electron chi connectivity index (χ0n) is 13.8. The minimum Gasteiger partial charge on any atom is -0.497 e. The molecule has 0 radical (unpaired) electrons. The van der Waals surface area contributed by atoms with Crippen LogP contribution in [-0.4, -0.2) is 35.2 Å². The monoisotopic (exact) mass is 310 g/mol. The molecule has 0 saturated carbocycles. The van der Waals surface area contributed by atoms with Crippen molar-refractivity contribution in [2.75, 3.05) is 25.1 Å². The lowest BCUT2D eigenvalue weighted by Gasteiger charge is -2.35. The van der Waals surface area contributed by atoms with Crippen LogP contribution in [0.4, 0.5) is 5.82 Å². The quantitative estimate of drug-likeness (QED) is 0.786. The molecule has 23 heavy (non-hydrogen) atoms. The highest BCUT2D eigenvalue weighted by molar-refractivity contribution is 6.08. The Bertz CT molecular complexity index is 847. The van der Waals surface area contributed by atoms with Gasteiger partial charge in [0.1, 0.15) is 23.1 Å². The number of benzene rings is 1. The summed E-state index contributed by atoms with van der Waals surface area (Å²) < 4.78 is 5.35. The van der Waals surface area contributed by atoms with Gasteiger partial charge in [-0.05, 0) is 36.5 Å². The van der Waals surface area contributed by atoms with Gasteiger partial charge in [-0.2, -0.15) is 0 Å². The highest BCUT2D eigenvalue weighted by Gasteiger charge is 2.25. The minimum atomic E-state index is 0.688. The molecule has 5 heteroatoms. The summed E-state index contributed by atoms with van der Waals surface area (Å²) in [5.41, 5.74) is 3.06. The summed E-state index contributed by atoms with van der Waals surface area (Å²) in [5.74, 6) is 3.24. The van der Waals surface area contributed by atoms with Gasteiger partial charge in [-0.15, -0.1) is 0 Å². The van der Waals surface area contributed by atoms with Crippen LogP contribution < -0.4 is 9.64 Å². The molecule has 3 heterocycles. The van der Waals surface area contributed by atoms with Gasteiger partial charge in [0.15, 0.2) is 5.82 Å². The van der Waals surface area contributed by atoms with Crippen LogP contribution >= 0.6 is 0 Å². The highest BCUT2D eigenvalue weighted by Crippen LogP contribution is 2.33. The number of methoxy groups -OCH3 is 1. The molecule has 2 aromatic heterocycles. The first-order valence-electron chi connectivity index (χ1n) is 8.21. The zero-order valence-corrected chi connectivity index (χ0v) is 13.8. The van der Waals surface area contributed by atoms with Gasteiger partial charge in [-0.1, -0.05) is 13.8 Å². The van der Waals surface area contributed by atoms with Gasteiger partial charge in [0, 0.05) is 24.0 Å². The average molecular weight is 310 g/mol. The Morgan fingerprint density at radius 2 is 1.96 bits per heavy atom. The van der Waals surface area contributed by atoms with Crippen molar-refractivity contribution in [3.63, 3.8) is 0 Å². The molecule has 0 unspecified atom stereocenters. The number of fused-ring (bicyclic) bond motifs is 3. The van der Waals surface area contributed by atoms with E-state index in [2.05, 4.69) is 33.7 Å². The number of aromatic amines is 1. The Morgan fingerprint density at radius 1 is 1.17 bits per heavy atom. The Balaban J connectivity index is 1.87. The van der Waals surface area contributed by atoms with E-state index in [4.69, 9.17) is 4.74 Å². The first-order chi connectivity index (χ1) is 11.2. The molecule has 0 bridgehead atoms. The van der Waals surface area contributed by atoms with Crippen LogP contribution in [0.15, 0.2) is 24.5 Å². The predicted molar refractivity (Wildman–Crippen MR) is 93.1 cm³/mol. The van der Waals surface area contributed by atoms with Crippen LogP contribution in [0.3, 0.4) is 0 Å². The molecule has 0 spiro atoms. The fraction of sp³-hybridized carbons (Fsp3) is 0.444. The van der Waals surface area contributed by atoms with Crippen LogP contribution in [-0.2, 0) is 0 Å². The molecule has 0 aliphatic carbocycles. The maximum atomic E-state index is 5.35. The molecule has 5 nitrogen and oxygen atoms in total. The van der Waals surface area contributed by atoms with Crippen LogP contribution in [0.1, 0.15) is 20.3 Å². The summed E-state index contributed by atoms with van der Waals surface area (Å²) in [7, 11) is 1.69.